The van der Waals surface area contributed by atoms with E-state index in [0.717, 1.165) is 64.4 Å². The number of morpholine rings is 1. The van der Waals surface area contributed by atoms with Gasteiger partial charge in [0, 0.05) is 52.9 Å². The first-order valence-electron chi connectivity index (χ1n) is 10.8. The van der Waals surface area contributed by atoms with Gasteiger partial charge in [-0.25, -0.2) is 0 Å². The maximum atomic E-state index is 5.41. The van der Waals surface area contributed by atoms with Crippen molar-refractivity contribution in [3.63, 3.8) is 0 Å². The quantitative estimate of drug-likeness (QED) is 0.332. The van der Waals surface area contributed by atoms with Gasteiger partial charge in [-0.2, -0.15) is 0 Å². The van der Waals surface area contributed by atoms with E-state index in [0.29, 0.717) is 0 Å². The molecular weight excluding hydrogens is 477 g/mol. The maximum Gasteiger partial charge on any atom is 0.191 e. The van der Waals surface area contributed by atoms with Gasteiger partial charge in [-0.05, 0) is 36.4 Å². The molecule has 2 N–H and O–H groups in total. The van der Waals surface area contributed by atoms with Gasteiger partial charge >= 0.3 is 0 Å². The number of hydrogen-bond acceptors (Lipinski definition) is 4. The number of guanidine groups is 1. The number of likely N-dealkylation sites (tertiary alicyclic amines) is 1. The maximum absolute atomic E-state index is 5.41. The molecule has 2 saturated heterocycles. The highest BCUT2D eigenvalue weighted by molar-refractivity contribution is 14.0. The average molecular weight is 515 g/mol. The third-order valence-corrected chi connectivity index (χ3v) is 5.75. The van der Waals surface area contributed by atoms with Crippen molar-refractivity contribution in [2.24, 2.45) is 10.9 Å². The fourth-order valence-corrected chi connectivity index (χ4v) is 4.11. The van der Waals surface area contributed by atoms with Crippen LogP contribution < -0.4 is 10.6 Å². The van der Waals surface area contributed by atoms with Crippen LogP contribution in [0.5, 0.6) is 0 Å². The van der Waals surface area contributed by atoms with Crippen molar-refractivity contribution < 1.29 is 4.74 Å². The van der Waals surface area contributed by atoms with Crippen molar-refractivity contribution in [1.82, 2.24) is 20.4 Å². The Balaban J connectivity index is 0.00000300. The van der Waals surface area contributed by atoms with Gasteiger partial charge in [0.2, 0.25) is 0 Å². The van der Waals surface area contributed by atoms with Crippen molar-refractivity contribution in [3.05, 3.63) is 35.4 Å². The first-order chi connectivity index (χ1) is 13.7. The Morgan fingerprint density at radius 2 is 1.86 bits per heavy atom. The van der Waals surface area contributed by atoms with E-state index in [1.54, 1.807) is 0 Å². The van der Waals surface area contributed by atoms with Crippen molar-refractivity contribution in [2.75, 3.05) is 59.5 Å². The summed E-state index contributed by atoms with van der Waals surface area (Å²) in [6.07, 6.45) is 2.69. The predicted octanol–water partition coefficient (Wildman–Crippen LogP) is 2.53. The normalized spacial score (nSPS) is 21.4. The minimum atomic E-state index is 0. The lowest BCUT2D eigenvalue weighted by Gasteiger charge is -2.31. The summed E-state index contributed by atoms with van der Waals surface area (Å²) in [6.45, 7) is 12.3. The van der Waals surface area contributed by atoms with Crippen LogP contribution in [-0.2, 0) is 17.8 Å². The van der Waals surface area contributed by atoms with Gasteiger partial charge in [0.1, 0.15) is 0 Å². The Morgan fingerprint density at radius 3 is 2.59 bits per heavy atom. The van der Waals surface area contributed by atoms with Crippen LogP contribution in [0, 0.1) is 5.92 Å². The van der Waals surface area contributed by atoms with Crippen LogP contribution in [0.25, 0.3) is 0 Å². The molecule has 7 heteroatoms. The van der Waals surface area contributed by atoms with E-state index >= 15 is 0 Å². The Kier molecular flexibility index (Phi) is 11.3. The Labute approximate surface area is 193 Å². The summed E-state index contributed by atoms with van der Waals surface area (Å²) < 4.78 is 5.41. The highest BCUT2D eigenvalue weighted by Gasteiger charge is 2.17. The molecule has 2 fully saturated rings. The number of aliphatic imine (C=N–C) groups is 1. The van der Waals surface area contributed by atoms with Gasteiger partial charge in [-0.1, -0.05) is 31.2 Å². The van der Waals surface area contributed by atoms with Crippen LogP contribution >= 0.6 is 24.0 Å². The Bertz CT molecular complexity index is 621. The number of benzene rings is 1. The van der Waals surface area contributed by atoms with Crippen LogP contribution in [0.4, 0.5) is 0 Å². The lowest BCUT2D eigenvalue weighted by molar-refractivity contribution is 0.0389. The molecule has 3 rings (SSSR count). The Morgan fingerprint density at radius 1 is 1.10 bits per heavy atom. The first-order valence-corrected chi connectivity index (χ1v) is 10.8. The van der Waals surface area contributed by atoms with Crippen LogP contribution in [0.15, 0.2) is 29.3 Å². The molecule has 2 aliphatic rings. The number of nitrogens with one attached hydrogen (secondary N) is 2. The number of piperidine rings is 1. The van der Waals surface area contributed by atoms with Crippen LogP contribution in [0.2, 0.25) is 0 Å². The monoisotopic (exact) mass is 515 g/mol. The summed E-state index contributed by atoms with van der Waals surface area (Å²) >= 11 is 0. The second kappa shape index (κ2) is 13.4. The van der Waals surface area contributed by atoms with E-state index in [2.05, 4.69) is 56.6 Å². The van der Waals surface area contributed by atoms with E-state index in [1.807, 2.05) is 7.05 Å². The lowest BCUT2D eigenvalue weighted by Crippen LogP contribution is -2.44. The number of nitrogens with zero attached hydrogens (tertiary/aromatic N) is 3. The average Bonchev–Trinajstić information content (AvgIpc) is 2.72. The molecule has 1 unspecified atom stereocenters. The fraction of sp³-hybridized carbons (Fsp3) is 0.682. The second-order valence-corrected chi connectivity index (χ2v) is 8.06. The molecule has 1 aromatic rings. The van der Waals surface area contributed by atoms with Gasteiger partial charge in [-0.15, -0.1) is 24.0 Å². The molecule has 2 heterocycles. The summed E-state index contributed by atoms with van der Waals surface area (Å²) in [5.41, 5.74) is 2.78. The Hall–Kier alpha value is -0.900. The molecule has 0 bridgehead atoms. The molecule has 6 nitrogen and oxygen atoms in total. The molecule has 0 aliphatic carbocycles. The lowest BCUT2D eigenvalue weighted by atomic mass is 9.99. The SMILES string of the molecule is CN=C(NCCN1CCOCC1)NCc1ccccc1CN1CCCC(C)C1.I. The smallest absolute Gasteiger partial charge is 0.191 e. The minimum absolute atomic E-state index is 0. The van der Waals surface area contributed by atoms with Crippen molar-refractivity contribution >= 4 is 29.9 Å². The van der Waals surface area contributed by atoms with Crippen LogP contribution in [0.1, 0.15) is 30.9 Å². The van der Waals surface area contributed by atoms with Gasteiger partial charge in [0.15, 0.2) is 5.96 Å². The number of rotatable bonds is 7. The van der Waals surface area contributed by atoms with Crippen LogP contribution in [0.3, 0.4) is 0 Å². The molecule has 1 atom stereocenters. The molecule has 0 aromatic heterocycles. The predicted molar refractivity (Wildman–Crippen MR) is 131 cm³/mol. The largest absolute Gasteiger partial charge is 0.379 e. The number of hydrogen-bond donors (Lipinski definition) is 2. The third kappa shape index (κ3) is 8.39. The molecule has 0 amide bonds. The summed E-state index contributed by atoms with van der Waals surface area (Å²) in [4.78, 5) is 9.41. The summed E-state index contributed by atoms with van der Waals surface area (Å²) in [5.74, 6) is 1.68. The topological polar surface area (TPSA) is 52.1 Å². The second-order valence-electron chi connectivity index (χ2n) is 8.06. The summed E-state index contributed by atoms with van der Waals surface area (Å²) in [5, 5.41) is 6.93. The number of ether oxygens (including phenoxy) is 1. The van der Waals surface area contributed by atoms with Crippen molar-refractivity contribution in [1.29, 1.82) is 0 Å². The van der Waals surface area contributed by atoms with Gasteiger partial charge < -0.3 is 15.4 Å². The number of halogens is 1. The van der Waals surface area contributed by atoms with E-state index in [4.69, 9.17) is 4.74 Å². The molecular formula is C22H38IN5O. The third-order valence-electron chi connectivity index (χ3n) is 5.75. The summed E-state index contributed by atoms with van der Waals surface area (Å²) in [6, 6.07) is 8.79. The molecule has 0 spiro atoms. The minimum Gasteiger partial charge on any atom is -0.379 e. The van der Waals surface area contributed by atoms with E-state index in [-0.39, 0.29) is 24.0 Å². The zero-order valence-electron chi connectivity index (χ0n) is 18.0. The molecule has 0 radical (unpaired) electrons. The molecule has 2 aliphatic heterocycles. The van der Waals surface area contributed by atoms with Crippen molar-refractivity contribution in [2.45, 2.75) is 32.9 Å². The summed E-state index contributed by atoms with van der Waals surface area (Å²) in [7, 11) is 1.84. The van der Waals surface area contributed by atoms with Crippen molar-refractivity contribution in [3.8, 4) is 0 Å². The van der Waals surface area contributed by atoms with E-state index < -0.39 is 0 Å². The van der Waals surface area contributed by atoms with Gasteiger partial charge in [-0.3, -0.25) is 14.8 Å². The highest BCUT2D eigenvalue weighted by atomic mass is 127. The highest BCUT2D eigenvalue weighted by Crippen LogP contribution is 2.19. The van der Waals surface area contributed by atoms with E-state index in [9.17, 15) is 0 Å². The molecule has 164 valence electrons. The fourth-order valence-electron chi connectivity index (χ4n) is 4.11. The van der Waals surface area contributed by atoms with Crippen LogP contribution in [-0.4, -0.2) is 75.3 Å². The zero-order chi connectivity index (χ0) is 19.6. The van der Waals surface area contributed by atoms with Gasteiger partial charge in [0.25, 0.3) is 0 Å². The first kappa shape index (κ1) is 24.4. The molecule has 1 aromatic carbocycles. The standard InChI is InChI=1S/C22H37N5O.HI/c1-19-6-5-10-27(17-19)18-21-8-4-3-7-20(21)16-25-22(23-2)24-9-11-26-12-14-28-15-13-26;/h3-4,7-8,19H,5-6,9-18H2,1-2H3,(H2,23,24,25);1H. The van der Waals surface area contributed by atoms with E-state index in [1.165, 1.54) is 37.1 Å². The molecule has 29 heavy (non-hydrogen) atoms. The molecule has 0 saturated carbocycles. The zero-order valence-corrected chi connectivity index (χ0v) is 20.4. The van der Waals surface area contributed by atoms with Gasteiger partial charge in [0.05, 0.1) is 13.2 Å².